The molecule has 2 aromatic carbocycles. The number of amides is 4. The molecule has 2 aliphatic rings. The maximum Gasteiger partial charge on any atom is 0.349 e. The van der Waals surface area contributed by atoms with Crippen LogP contribution < -0.4 is 16.1 Å². The fourth-order valence-corrected chi connectivity index (χ4v) is 4.37. The minimum atomic E-state index is -4.02. The molecule has 2 heterocycles. The van der Waals surface area contributed by atoms with Crippen LogP contribution in [0.15, 0.2) is 36.4 Å². The lowest BCUT2D eigenvalue weighted by molar-refractivity contribution is -0.147. The number of piperidine rings is 1. The zero-order valence-corrected chi connectivity index (χ0v) is 19.3. The van der Waals surface area contributed by atoms with Gasteiger partial charge in [0, 0.05) is 28.5 Å². The second kappa shape index (κ2) is 9.10. The molecular formula is C22H14B4ClF2N3O4. The first-order chi connectivity index (χ1) is 16.7. The Balaban J connectivity index is 1.62. The Labute approximate surface area is 215 Å². The van der Waals surface area contributed by atoms with E-state index >= 15 is 0 Å². The molecule has 0 bridgehead atoms. The van der Waals surface area contributed by atoms with Crippen LogP contribution in [0.5, 0.6) is 0 Å². The van der Waals surface area contributed by atoms with E-state index in [2.05, 4.69) is 5.32 Å². The minimum absolute atomic E-state index is 0.0131. The Bertz CT molecular complexity index is 1290. The average Bonchev–Trinajstić information content (AvgIpc) is 3.02. The van der Waals surface area contributed by atoms with Gasteiger partial charge in [-0.3, -0.25) is 24.5 Å². The number of nitrogens with zero attached hydrogens (tertiary/aromatic N) is 1. The van der Waals surface area contributed by atoms with Crippen LogP contribution in [0.2, 0.25) is 5.02 Å². The van der Waals surface area contributed by atoms with Gasteiger partial charge in [0.15, 0.2) is 0 Å². The van der Waals surface area contributed by atoms with Gasteiger partial charge in [-0.05, 0) is 35.0 Å². The minimum Gasteiger partial charge on any atom is -0.358 e. The fraction of sp³-hybridized carbons (Fsp3) is 0.273. The summed E-state index contributed by atoms with van der Waals surface area (Å²) in [6.45, 7) is 0. The number of carbonyl (C=O) groups excluding carboxylic acids is 4. The highest BCUT2D eigenvalue weighted by Gasteiger charge is 2.45. The normalized spacial score (nSPS) is 20.2. The summed E-state index contributed by atoms with van der Waals surface area (Å²) in [5, 5.41) is 1.85. The molecular weight excluding hydrogens is 487 g/mol. The van der Waals surface area contributed by atoms with Crippen LogP contribution in [-0.4, -0.2) is 66.0 Å². The van der Waals surface area contributed by atoms with Crippen molar-refractivity contribution in [1.82, 2.24) is 15.5 Å². The summed E-state index contributed by atoms with van der Waals surface area (Å²) < 4.78 is 29.5. The predicted molar refractivity (Wildman–Crippen MR) is 129 cm³/mol. The van der Waals surface area contributed by atoms with E-state index in [1.807, 2.05) is 5.32 Å². The highest BCUT2D eigenvalue weighted by molar-refractivity contribution is 6.44. The number of alkyl halides is 2. The van der Waals surface area contributed by atoms with Crippen molar-refractivity contribution in [3.63, 3.8) is 0 Å². The summed E-state index contributed by atoms with van der Waals surface area (Å²) in [4.78, 5) is 50.4. The molecule has 174 valence electrons. The number of carbonyl (C=O) groups is 4. The third-order valence-corrected chi connectivity index (χ3v) is 6.36. The zero-order chi connectivity index (χ0) is 26.6. The molecule has 2 aliphatic heterocycles. The second-order valence-electron chi connectivity index (χ2n) is 8.56. The Morgan fingerprint density at radius 1 is 1.14 bits per heavy atom. The molecule has 2 atom stereocenters. The van der Waals surface area contributed by atoms with Crippen LogP contribution in [0, 0.1) is 0 Å². The molecule has 7 nitrogen and oxygen atoms in total. The monoisotopic (exact) mass is 501 g/mol. The van der Waals surface area contributed by atoms with Gasteiger partial charge >= 0.3 is 5.92 Å². The number of fused-ring (bicyclic) bond motifs is 1. The first-order valence-electron chi connectivity index (χ1n) is 10.6. The van der Waals surface area contributed by atoms with Crippen molar-refractivity contribution in [3.05, 3.63) is 63.7 Å². The Kier molecular flexibility index (Phi) is 6.58. The molecule has 2 aromatic rings. The molecule has 8 radical (unpaired) electrons. The van der Waals surface area contributed by atoms with Gasteiger partial charge in [0.2, 0.25) is 11.8 Å². The SMILES string of the molecule is [B]c1cc2c(cc1C([B])([B])NC(=O)C(F)(F)c1ccc(Cl)cc1)C([B])N(C1CCC(=O)NC1=O)C2=O. The standard InChI is InChI=1S/C22H14B4ClF2N3O4/c23-14-8-12-11(17(24)32(19(12)35)15-5-6-16(33)30-18(15)34)7-13(14)22(25,26)31-20(36)21(28,29)9-1-3-10(27)4-2-9/h1-4,7-8,15,17H,5-6H2,(H,31,36)(H,30,33,34). The van der Waals surface area contributed by atoms with Crippen molar-refractivity contribution in [2.75, 3.05) is 0 Å². The van der Waals surface area contributed by atoms with Crippen LogP contribution >= 0.6 is 11.6 Å². The van der Waals surface area contributed by atoms with Crippen molar-refractivity contribution in [3.8, 4) is 0 Å². The van der Waals surface area contributed by atoms with Gasteiger partial charge in [-0.2, -0.15) is 8.78 Å². The van der Waals surface area contributed by atoms with Crippen molar-refractivity contribution >= 4 is 72.1 Å². The van der Waals surface area contributed by atoms with Crippen molar-refractivity contribution < 1.29 is 28.0 Å². The fourth-order valence-electron chi connectivity index (χ4n) is 4.24. The van der Waals surface area contributed by atoms with E-state index in [1.165, 1.54) is 24.3 Å². The maximum atomic E-state index is 14.8. The molecule has 36 heavy (non-hydrogen) atoms. The Morgan fingerprint density at radius 2 is 1.78 bits per heavy atom. The van der Waals surface area contributed by atoms with Gasteiger partial charge < -0.3 is 10.2 Å². The largest absolute Gasteiger partial charge is 0.358 e. The number of rotatable bonds is 5. The van der Waals surface area contributed by atoms with E-state index in [1.54, 1.807) is 0 Å². The summed E-state index contributed by atoms with van der Waals surface area (Å²) in [7, 11) is 24.2. The highest BCUT2D eigenvalue weighted by Crippen LogP contribution is 2.36. The topological polar surface area (TPSA) is 95.6 Å². The average molecular weight is 501 g/mol. The highest BCUT2D eigenvalue weighted by atomic mass is 35.5. The molecule has 2 N–H and O–H groups in total. The first-order valence-corrected chi connectivity index (χ1v) is 11.0. The summed E-state index contributed by atoms with van der Waals surface area (Å²) in [5.41, 5.74) is -0.806. The van der Waals surface area contributed by atoms with Gasteiger partial charge in [0.05, 0.1) is 15.7 Å². The summed E-state index contributed by atoms with van der Waals surface area (Å²) in [6.07, 6.45) is 0.0766. The van der Waals surface area contributed by atoms with E-state index in [0.717, 1.165) is 17.0 Å². The number of hydrogen-bond acceptors (Lipinski definition) is 4. The molecule has 0 aromatic heterocycles. The van der Waals surface area contributed by atoms with Crippen LogP contribution in [0.1, 0.15) is 45.8 Å². The predicted octanol–water partition coefficient (Wildman–Crippen LogP) is -0.0826. The Morgan fingerprint density at radius 3 is 2.39 bits per heavy atom. The molecule has 14 heteroatoms. The quantitative estimate of drug-likeness (QED) is 0.443. The van der Waals surface area contributed by atoms with Gasteiger partial charge in [-0.15, -0.1) is 0 Å². The van der Waals surface area contributed by atoms with Crippen molar-refractivity contribution in [1.29, 1.82) is 0 Å². The summed E-state index contributed by atoms with van der Waals surface area (Å²) >= 11 is 5.71. The molecule has 4 amide bonds. The number of benzene rings is 2. The lowest BCUT2D eigenvalue weighted by Gasteiger charge is -2.34. The number of nitrogens with one attached hydrogen (secondary N) is 2. The molecule has 0 saturated carbocycles. The van der Waals surface area contributed by atoms with E-state index in [-0.39, 0.29) is 40.0 Å². The first kappa shape index (κ1) is 26.0. The third-order valence-electron chi connectivity index (χ3n) is 6.11. The van der Waals surface area contributed by atoms with Crippen LogP contribution in [0.4, 0.5) is 8.78 Å². The molecule has 1 fully saturated rings. The lowest BCUT2D eigenvalue weighted by Crippen LogP contribution is -2.53. The molecule has 2 unspecified atom stereocenters. The van der Waals surface area contributed by atoms with Crippen LogP contribution in [0.25, 0.3) is 0 Å². The second-order valence-corrected chi connectivity index (χ2v) is 8.99. The summed E-state index contributed by atoms with van der Waals surface area (Å²) in [6, 6.07) is 5.75. The van der Waals surface area contributed by atoms with Crippen LogP contribution in [-0.2, 0) is 25.6 Å². The Hall–Kier alpha value is -3.07. The van der Waals surface area contributed by atoms with Crippen molar-refractivity contribution in [2.24, 2.45) is 0 Å². The van der Waals surface area contributed by atoms with Gasteiger partial charge in [0.25, 0.3) is 11.8 Å². The van der Waals surface area contributed by atoms with E-state index in [0.29, 0.717) is 0 Å². The van der Waals surface area contributed by atoms with E-state index in [4.69, 9.17) is 43.0 Å². The van der Waals surface area contributed by atoms with Gasteiger partial charge in [-0.1, -0.05) is 41.3 Å². The zero-order valence-electron chi connectivity index (χ0n) is 18.6. The number of halogens is 3. The number of hydrogen-bond donors (Lipinski definition) is 2. The smallest absolute Gasteiger partial charge is 0.349 e. The van der Waals surface area contributed by atoms with Crippen LogP contribution in [0.3, 0.4) is 0 Å². The molecule has 1 saturated heterocycles. The molecule has 0 spiro atoms. The van der Waals surface area contributed by atoms with Gasteiger partial charge in [0.1, 0.15) is 21.7 Å². The molecule has 4 rings (SSSR count). The maximum absolute atomic E-state index is 14.8. The lowest BCUT2D eigenvalue weighted by atomic mass is 9.55. The number of imide groups is 1. The van der Waals surface area contributed by atoms with E-state index < -0.39 is 52.4 Å². The van der Waals surface area contributed by atoms with Crippen molar-refractivity contribution in [2.45, 2.75) is 36.1 Å². The summed E-state index contributed by atoms with van der Waals surface area (Å²) in [5.74, 6) is -8.75. The third kappa shape index (κ3) is 4.45. The van der Waals surface area contributed by atoms with Gasteiger partial charge in [-0.25, -0.2) is 0 Å². The van der Waals surface area contributed by atoms with E-state index in [9.17, 15) is 28.0 Å². The molecule has 0 aliphatic carbocycles.